The summed E-state index contributed by atoms with van der Waals surface area (Å²) in [7, 11) is 0. The Morgan fingerprint density at radius 3 is 2.36 bits per heavy atom. The quantitative estimate of drug-likeness (QED) is 0.360. The van der Waals surface area contributed by atoms with Crippen molar-refractivity contribution in [3.63, 3.8) is 0 Å². The molecule has 2 amide bonds. The summed E-state index contributed by atoms with van der Waals surface area (Å²) in [5.74, 6) is -1.85. The zero-order valence-electron chi connectivity index (χ0n) is 23.3. The van der Waals surface area contributed by atoms with Crippen LogP contribution in [-0.4, -0.2) is 45.7 Å². The molecule has 2 unspecified atom stereocenters. The minimum Gasteiger partial charge on any atom is -0.481 e. The van der Waals surface area contributed by atoms with Crippen molar-refractivity contribution in [3.05, 3.63) is 70.0 Å². The van der Waals surface area contributed by atoms with Crippen LogP contribution in [0.1, 0.15) is 88.3 Å². The Morgan fingerprint density at radius 1 is 1.15 bits per heavy atom. The van der Waals surface area contributed by atoms with E-state index in [-0.39, 0.29) is 40.9 Å². The fraction of sp³-hybridized carbons (Fsp3) is 0.467. The summed E-state index contributed by atoms with van der Waals surface area (Å²) in [4.78, 5) is 43.6. The van der Waals surface area contributed by atoms with E-state index < -0.39 is 23.5 Å². The molecular formula is C30H37ClFN3O4. The number of benzene rings is 2. The molecule has 3 rings (SSSR count). The predicted octanol–water partition coefficient (Wildman–Crippen LogP) is 6.25. The molecule has 210 valence electrons. The van der Waals surface area contributed by atoms with Crippen molar-refractivity contribution in [1.82, 2.24) is 10.2 Å². The first-order valence-corrected chi connectivity index (χ1v) is 13.5. The third kappa shape index (κ3) is 7.24. The van der Waals surface area contributed by atoms with Gasteiger partial charge in [-0.25, -0.2) is 4.39 Å². The second kappa shape index (κ2) is 11.9. The molecule has 0 saturated carbocycles. The van der Waals surface area contributed by atoms with E-state index in [9.17, 15) is 18.8 Å². The lowest BCUT2D eigenvalue weighted by Gasteiger charge is -2.39. The number of carbonyl (C=O) groups is 3. The standard InChI is InChI=1S/C30H37ClFN3O4/c1-18(29(3,4)5)11-13-30(6)34-26(22-15-23(31)17-24(32)16-22)28(39)35(30)19(2)20-7-9-21(10-8-20)27(38)33-14-12-25(36)37/h7-10,15-19H,11-14H2,1-6H3,(H,33,38)(H,36,37)/t18?,19-,30?/m1/s1. The maximum absolute atomic E-state index is 14.2. The first kappa shape index (κ1) is 30.3. The maximum atomic E-state index is 14.2. The van der Waals surface area contributed by atoms with Crippen LogP contribution in [0.5, 0.6) is 0 Å². The number of rotatable bonds is 10. The van der Waals surface area contributed by atoms with Crippen molar-refractivity contribution in [1.29, 1.82) is 0 Å². The number of amides is 2. The molecule has 0 radical (unpaired) electrons. The van der Waals surface area contributed by atoms with Gasteiger partial charge in [-0.1, -0.05) is 51.4 Å². The molecular weight excluding hydrogens is 521 g/mol. The van der Waals surface area contributed by atoms with Gasteiger partial charge in [-0.15, -0.1) is 0 Å². The maximum Gasteiger partial charge on any atom is 0.305 e. The Bertz CT molecular complexity index is 1250. The third-order valence-corrected chi connectivity index (χ3v) is 7.84. The molecule has 0 aromatic heterocycles. The van der Waals surface area contributed by atoms with Crippen molar-refractivity contribution in [2.24, 2.45) is 16.3 Å². The summed E-state index contributed by atoms with van der Waals surface area (Å²) in [5, 5.41) is 11.5. The van der Waals surface area contributed by atoms with Crippen molar-refractivity contribution in [3.8, 4) is 0 Å². The Hall–Kier alpha value is -3.26. The average molecular weight is 558 g/mol. The molecule has 2 aromatic carbocycles. The summed E-state index contributed by atoms with van der Waals surface area (Å²) in [6.45, 7) is 12.6. The van der Waals surface area contributed by atoms with Crippen LogP contribution in [0.25, 0.3) is 0 Å². The summed E-state index contributed by atoms with van der Waals surface area (Å²) >= 11 is 6.10. The van der Waals surface area contributed by atoms with E-state index in [2.05, 4.69) is 33.0 Å². The van der Waals surface area contributed by atoms with Gasteiger partial charge in [0.1, 0.15) is 17.2 Å². The molecule has 9 heteroatoms. The highest BCUT2D eigenvalue weighted by Gasteiger charge is 2.46. The van der Waals surface area contributed by atoms with Gasteiger partial charge in [0.2, 0.25) is 0 Å². The second-order valence-corrected chi connectivity index (χ2v) is 12.0. The summed E-state index contributed by atoms with van der Waals surface area (Å²) < 4.78 is 14.2. The Labute approximate surface area is 234 Å². The second-order valence-electron chi connectivity index (χ2n) is 11.5. The number of carbonyl (C=O) groups excluding carboxylic acids is 2. The molecule has 2 aromatic rings. The van der Waals surface area contributed by atoms with E-state index in [0.29, 0.717) is 23.5 Å². The van der Waals surface area contributed by atoms with Crippen LogP contribution in [0.15, 0.2) is 47.5 Å². The van der Waals surface area contributed by atoms with Crippen molar-refractivity contribution in [2.45, 2.75) is 72.5 Å². The fourth-order valence-electron chi connectivity index (χ4n) is 4.69. The van der Waals surface area contributed by atoms with Crippen molar-refractivity contribution >= 4 is 35.1 Å². The lowest BCUT2D eigenvalue weighted by molar-refractivity contribution is -0.136. The lowest BCUT2D eigenvalue weighted by Crippen LogP contribution is -2.46. The van der Waals surface area contributed by atoms with Crippen LogP contribution < -0.4 is 5.32 Å². The summed E-state index contributed by atoms with van der Waals surface area (Å²) in [6, 6.07) is 10.5. The largest absolute Gasteiger partial charge is 0.481 e. The zero-order valence-corrected chi connectivity index (χ0v) is 24.1. The van der Waals surface area contributed by atoms with Crippen molar-refractivity contribution < 1.29 is 23.9 Å². The molecule has 0 aliphatic carbocycles. The van der Waals surface area contributed by atoms with Gasteiger partial charge < -0.3 is 15.3 Å². The number of nitrogens with one attached hydrogen (secondary N) is 1. The number of hydrogen-bond acceptors (Lipinski definition) is 4. The SMILES string of the molecule is CC(CCC1(C)N=C(c2cc(F)cc(Cl)c2)C(=O)N1[C@H](C)c1ccc(C(=O)NCCC(=O)O)cc1)C(C)(C)C. The molecule has 0 bridgehead atoms. The molecule has 1 aliphatic heterocycles. The van der Waals surface area contributed by atoms with Crippen LogP contribution in [-0.2, 0) is 9.59 Å². The number of carboxylic acids is 1. The van der Waals surface area contributed by atoms with Crippen LogP contribution >= 0.6 is 11.6 Å². The minimum atomic E-state index is -0.989. The van der Waals surface area contributed by atoms with E-state index in [1.54, 1.807) is 35.2 Å². The van der Waals surface area contributed by atoms with Gasteiger partial charge in [0.25, 0.3) is 11.8 Å². The highest BCUT2D eigenvalue weighted by atomic mass is 35.5. The topological polar surface area (TPSA) is 99.1 Å². The van der Waals surface area contributed by atoms with Gasteiger partial charge >= 0.3 is 5.97 Å². The van der Waals surface area contributed by atoms with Crippen LogP contribution in [0.3, 0.4) is 0 Å². The van der Waals surface area contributed by atoms with E-state index in [0.717, 1.165) is 12.0 Å². The Balaban J connectivity index is 1.91. The van der Waals surface area contributed by atoms with Gasteiger partial charge in [-0.05, 0) is 73.9 Å². The molecule has 7 nitrogen and oxygen atoms in total. The normalized spacial score (nSPS) is 19.0. The molecule has 1 heterocycles. The van der Waals surface area contributed by atoms with E-state index in [4.69, 9.17) is 21.7 Å². The van der Waals surface area contributed by atoms with Crippen LogP contribution in [0, 0.1) is 17.2 Å². The highest BCUT2D eigenvalue weighted by Crippen LogP contribution is 2.41. The molecule has 39 heavy (non-hydrogen) atoms. The molecule has 0 saturated heterocycles. The van der Waals surface area contributed by atoms with E-state index in [1.807, 2.05) is 13.8 Å². The average Bonchev–Trinajstić information content (AvgIpc) is 3.11. The molecule has 2 N–H and O–H groups in total. The monoisotopic (exact) mass is 557 g/mol. The van der Waals surface area contributed by atoms with E-state index >= 15 is 0 Å². The zero-order chi connectivity index (χ0) is 29.1. The Kier molecular flexibility index (Phi) is 9.21. The summed E-state index contributed by atoms with van der Waals surface area (Å²) in [5.41, 5.74) is 0.897. The number of aliphatic carboxylic acids is 1. The first-order chi connectivity index (χ1) is 18.1. The van der Waals surface area contributed by atoms with E-state index in [1.165, 1.54) is 12.1 Å². The Morgan fingerprint density at radius 2 is 1.79 bits per heavy atom. The van der Waals surface area contributed by atoms with Gasteiger partial charge in [0.15, 0.2) is 0 Å². The predicted molar refractivity (Wildman–Crippen MR) is 150 cm³/mol. The number of halogens is 2. The number of hydrogen-bond donors (Lipinski definition) is 2. The lowest BCUT2D eigenvalue weighted by atomic mass is 9.78. The van der Waals surface area contributed by atoms with Crippen LogP contribution in [0.4, 0.5) is 4.39 Å². The van der Waals surface area contributed by atoms with Crippen molar-refractivity contribution in [2.75, 3.05) is 6.54 Å². The van der Waals surface area contributed by atoms with Gasteiger partial charge in [0.05, 0.1) is 12.5 Å². The molecule has 0 fully saturated rings. The number of nitrogens with zero attached hydrogens (tertiary/aromatic N) is 2. The third-order valence-electron chi connectivity index (χ3n) is 7.63. The molecule has 3 atom stereocenters. The number of carboxylic acid groups (broad SMARTS) is 1. The smallest absolute Gasteiger partial charge is 0.305 e. The fourth-order valence-corrected chi connectivity index (χ4v) is 4.92. The summed E-state index contributed by atoms with van der Waals surface area (Å²) in [6.07, 6.45) is 1.27. The molecule has 0 spiro atoms. The van der Waals surface area contributed by atoms with Gasteiger partial charge in [0, 0.05) is 22.7 Å². The van der Waals surface area contributed by atoms with Gasteiger partial charge in [-0.2, -0.15) is 0 Å². The molecule has 1 aliphatic rings. The number of aliphatic imine (C=N–C) groups is 1. The highest BCUT2D eigenvalue weighted by molar-refractivity contribution is 6.47. The van der Waals surface area contributed by atoms with Crippen LogP contribution in [0.2, 0.25) is 5.02 Å². The van der Waals surface area contributed by atoms with Gasteiger partial charge in [-0.3, -0.25) is 19.4 Å². The first-order valence-electron chi connectivity index (χ1n) is 13.1. The minimum absolute atomic E-state index is 0.0319.